The Labute approximate surface area is 104 Å². The first-order valence-electron chi connectivity index (χ1n) is 5.10. The Hall–Kier alpha value is -0.840. The second kappa shape index (κ2) is 6.03. The van der Waals surface area contributed by atoms with Crippen LogP contribution >= 0.6 is 23.1 Å². The molecule has 2 rings (SSSR count). The second-order valence-corrected chi connectivity index (χ2v) is 5.24. The lowest BCUT2D eigenvalue weighted by molar-refractivity contribution is 0.689. The van der Waals surface area contributed by atoms with Gasteiger partial charge in [0.1, 0.15) is 5.01 Å². The van der Waals surface area contributed by atoms with Crippen molar-refractivity contribution in [1.82, 2.24) is 10.3 Å². The Morgan fingerprint density at radius 1 is 1.25 bits per heavy atom. The van der Waals surface area contributed by atoms with Crippen LogP contribution < -0.4 is 5.32 Å². The summed E-state index contributed by atoms with van der Waals surface area (Å²) < 4.78 is 0. The Morgan fingerprint density at radius 3 is 2.69 bits per heavy atom. The molecule has 0 saturated carbocycles. The van der Waals surface area contributed by atoms with Gasteiger partial charge in [-0.3, -0.25) is 0 Å². The Bertz CT molecular complexity index is 409. The number of aromatic nitrogens is 1. The summed E-state index contributed by atoms with van der Waals surface area (Å²) in [5.74, 6) is 0. The van der Waals surface area contributed by atoms with Crippen LogP contribution in [0.3, 0.4) is 0 Å². The number of thiazole rings is 1. The van der Waals surface area contributed by atoms with Gasteiger partial charge in [0.15, 0.2) is 0 Å². The van der Waals surface area contributed by atoms with Gasteiger partial charge in [-0.1, -0.05) is 12.1 Å². The highest BCUT2D eigenvalue weighted by Gasteiger charge is 1.96. The number of nitrogens with one attached hydrogen (secondary N) is 1. The minimum Gasteiger partial charge on any atom is -0.306 e. The summed E-state index contributed by atoms with van der Waals surface area (Å²) in [5.41, 5.74) is 1.31. The van der Waals surface area contributed by atoms with E-state index in [1.54, 1.807) is 23.1 Å². The van der Waals surface area contributed by atoms with Crippen LogP contribution in [0.5, 0.6) is 0 Å². The Morgan fingerprint density at radius 2 is 2.06 bits per heavy atom. The van der Waals surface area contributed by atoms with E-state index in [0.717, 1.165) is 18.1 Å². The van der Waals surface area contributed by atoms with Crippen molar-refractivity contribution in [3.05, 3.63) is 46.4 Å². The molecule has 16 heavy (non-hydrogen) atoms. The standard InChI is InChI=1S/C12H14N2S2/c1-15-11-4-2-10(3-5-11)8-13-9-12-14-6-7-16-12/h2-7,13H,8-9H2,1H3. The lowest BCUT2D eigenvalue weighted by atomic mass is 10.2. The molecule has 2 aromatic rings. The van der Waals surface area contributed by atoms with Gasteiger partial charge in [0.2, 0.25) is 0 Å². The first kappa shape index (κ1) is 11.6. The van der Waals surface area contributed by atoms with Crippen LogP contribution in [0.15, 0.2) is 40.7 Å². The monoisotopic (exact) mass is 250 g/mol. The maximum atomic E-state index is 4.23. The molecule has 0 bridgehead atoms. The van der Waals surface area contributed by atoms with Crippen molar-refractivity contribution < 1.29 is 0 Å². The van der Waals surface area contributed by atoms with E-state index in [2.05, 4.69) is 40.8 Å². The maximum absolute atomic E-state index is 4.23. The number of thioether (sulfide) groups is 1. The zero-order valence-electron chi connectivity index (χ0n) is 9.14. The Kier molecular flexibility index (Phi) is 4.39. The van der Waals surface area contributed by atoms with Crippen molar-refractivity contribution in [2.75, 3.05) is 6.26 Å². The van der Waals surface area contributed by atoms with Gasteiger partial charge in [-0.05, 0) is 24.0 Å². The first-order valence-corrected chi connectivity index (χ1v) is 7.21. The molecule has 4 heteroatoms. The van der Waals surface area contributed by atoms with Gasteiger partial charge in [-0.15, -0.1) is 23.1 Å². The van der Waals surface area contributed by atoms with Gasteiger partial charge in [0.05, 0.1) is 0 Å². The van der Waals surface area contributed by atoms with E-state index >= 15 is 0 Å². The third kappa shape index (κ3) is 3.33. The van der Waals surface area contributed by atoms with E-state index in [-0.39, 0.29) is 0 Å². The minimum absolute atomic E-state index is 0.849. The van der Waals surface area contributed by atoms with Crippen LogP contribution in [0.2, 0.25) is 0 Å². The molecule has 1 N–H and O–H groups in total. The molecule has 84 valence electrons. The molecule has 2 nitrogen and oxygen atoms in total. The summed E-state index contributed by atoms with van der Waals surface area (Å²) in [6.45, 7) is 1.75. The topological polar surface area (TPSA) is 24.9 Å². The number of rotatable bonds is 5. The predicted octanol–water partition coefficient (Wildman–Crippen LogP) is 3.15. The van der Waals surface area contributed by atoms with Crippen LogP contribution in [-0.2, 0) is 13.1 Å². The van der Waals surface area contributed by atoms with Crippen LogP contribution in [0.4, 0.5) is 0 Å². The number of hydrogen-bond acceptors (Lipinski definition) is 4. The average molecular weight is 250 g/mol. The maximum Gasteiger partial charge on any atom is 0.106 e. The second-order valence-electron chi connectivity index (χ2n) is 3.38. The molecule has 0 aliphatic carbocycles. The highest BCUT2D eigenvalue weighted by atomic mass is 32.2. The van der Waals surface area contributed by atoms with Gasteiger partial charge in [0, 0.05) is 29.6 Å². The van der Waals surface area contributed by atoms with E-state index < -0.39 is 0 Å². The number of benzene rings is 1. The first-order chi connectivity index (χ1) is 7.88. The largest absolute Gasteiger partial charge is 0.306 e. The summed E-state index contributed by atoms with van der Waals surface area (Å²) >= 11 is 3.46. The molecule has 1 aromatic heterocycles. The molecule has 0 fully saturated rings. The van der Waals surface area contributed by atoms with Crippen molar-refractivity contribution >= 4 is 23.1 Å². The zero-order valence-corrected chi connectivity index (χ0v) is 10.8. The fourth-order valence-electron chi connectivity index (χ4n) is 1.40. The number of nitrogens with zero attached hydrogens (tertiary/aromatic N) is 1. The lowest BCUT2D eigenvalue weighted by Crippen LogP contribution is -2.12. The highest BCUT2D eigenvalue weighted by Crippen LogP contribution is 2.14. The van der Waals surface area contributed by atoms with Crippen LogP contribution in [0.1, 0.15) is 10.6 Å². The van der Waals surface area contributed by atoms with E-state index in [0.29, 0.717) is 0 Å². The fraction of sp³-hybridized carbons (Fsp3) is 0.250. The van der Waals surface area contributed by atoms with Gasteiger partial charge in [-0.25, -0.2) is 4.98 Å². The van der Waals surface area contributed by atoms with Gasteiger partial charge in [0.25, 0.3) is 0 Å². The van der Waals surface area contributed by atoms with Crippen molar-refractivity contribution in [1.29, 1.82) is 0 Å². The molecule has 0 aliphatic heterocycles. The quantitative estimate of drug-likeness (QED) is 0.825. The van der Waals surface area contributed by atoms with E-state index in [9.17, 15) is 0 Å². The van der Waals surface area contributed by atoms with E-state index in [1.165, 1.54) is 10.5 Å². The molecule has 0 spiro atoms. The van der Waals surface area contributed by atoms with Crippen LogP contribution in [0, 0.1) is 0 Å². The molecule has 0 unspecified atom stereocenters. The lowest BCUT2D eigenvalue weighted by Gasteiger charge is -2.03. The minimum atomic E-state index is 0.849. The van der Waals surface area contributed by atoms with Crippen LogP contribution in [0.25, 0.3) is 0 Å². The summed E-state index contributed by atoms with van der Waals surface area (Å²) in [5, 5.41) is 6.53. The molecule has 0 atom stereocenters. The normalized spacial score (nSPS) is 10.6. The fourth-order valence-corrected chi connectivity index (χ4v) is 2.39. The molecule has 0 aliphatic rings. The molecule has 1 aromatic carbocycles. The van der Waals surface area contributed by atoms with Crippen molar-refractivity contribution in [3.8, 4) is 0 Å². The third-order valence-electron chi connectivity index (χ3n) is 2.25. The average Bonchev–Trinajstić information content (AvgIpc) is 2.83. The highest BCUT2D eigenvalue weighted by molar-refractivity contribution is 7.98. The predicted molar refractivity (Wildman–Crippen MR) is 70.9 cm³/mol. The van der Waals surface area contributed by atoms with Gasteiger partial charge in [-0.2, -0.15) is 0 Å². The third-order valence-corrected chi connectivity index (χ3v) is 3.77. The van der Waals surface area contributed by atoms with E-state index in [4.69, 9.17) is 0 Å². The molecule has 0 radical (unpaired) electrons. The van der Waals surface area contributed by atoms with Crippen molar-refractivity contribution in [2.45, 2.75) is 18.0 Å². The van der Waals surface area contributed by atoms with Crippen LogP contribution in [-0.4, -0.2) is 11.2 Å². The van der Waals surface area contributed by atoms with E-state index in [1.807, 2.05) is 11.6 Å². The van der Waals surface area contributed by atoms with Crippen molar-refractivity contribution in [3.63, 3.8) is 0 Å². The molecule has 0 saturated heterocycles. The molecule has 1 heterocycles. The molecule has 0 amide bonds. The van der Waals surface area contributed by atoms with Crippen molar-refractivity contribution in [2.24, 2.45) is 0 Å². The summed E-state index contributed by atoms with van der Waals surface area (Å²) in [4.78, 5) is 5.54. The summed E-state index contributed by atoms with van der Waals surface area (Å²) in [7, 11) is 0. The summed E-state index contributed by atoms with van der Waals surface area (Å²) in [6.07, 6.45) is 3.94. The number of hydrogen-bond donors (Lipinski definition) is 1. The molecular weight excluding hydrogens is 236 g/mol. The smallest absolute Gasteiger partial charge is 0.106 e. The molecular formula is C12H14N2S2. The van der Waals surface area contributed by atoms with Gasteiger partial charge >= 0.3 is 0 Å². The zero-order chi connectivity index (χ0) is 11.2. The Balaban J connectivity index is 1.81. The summed E-state index contributed by atoms with van der Waals surface area (Å²) in [6, 6.07) is 8.65. The SMILES string of the molecule is CSc1ccc(CNCc2nccs2)cc1. The van der Waals surface area contributed by atoms with Gasteiger partial charge < -0.3 is 5.32 Å².